The highest BCUT2D eigenvalue weighted by molar-refractivity contribution is 9.11. The molecule has 0 bridgehead atoms. The molecular weight excluding hydrogens is 1090 g/mol. The van der Waals surface area contributed by atoms with Gasteiger partial charge in [-0.2, -0.15) is 0 Å². The van der Waals surface area contributed by atoms with Gasteiger partial charge in [0, 0.05) is 75.6 Å². The zero-order valence-corrected chi connectivity index (χ0v) is 52.4. The number of rotatable bonds is 42. The second-order valence-corrected chi connectivity index (χ2v) is 25.8. The summed E-state index contributed by atoms with van der Waals surface area (Å²) in [6.07, 6.45) is 47.7. The van der Waals surface area contributed by atoms with E-state index in [9.17, 15) is 0 Å². The monoisotopic (exact) mass is 1190 g/mol. The van der Waals surface area contributed by atoms with E-state index in [2.05, 4.69) is 71.7 Å². The van der Waals surface area contributed by atoms with Crippen molar-refractivity contribution in [2.24, 2.45) is 0 Å². The summed E-state index contributed by atoms with van der Waals surface area (Å²) in [5, 5.41) is 6.78. The average Bonchev–Trinajstić information content (AvgIpc) is 3.61. The van der Waals surface area contributed by atoms with Gasteiger partial charge in [-0.25, -0.2) is 0 Å². The Morgan fingerprint density at radius 2 is 0.526 bits per heavy atom. The largest absolute Gasteiger partial charge is 0.271 e. The van der Waals surface area contributed by atoms with Crippen molar-refractivity contribution in [2.45, 2.75) is 297 Å². The number of fused-ring (bicyclic) bond motifs is 2. The van der Waals surface area contributed by atoms with Crippen molar-refractivity contribution in [2.75, 3.05) is 0 Å². The minimum absolute atomic E-state index is 0.149. The second kappa shape index (κ2) is 32.9. The lowest BCUT2D eigenvalue weighted by Gasteiger charge is -2.36. The minimum atomic E-state index is -0.195. The molecule has 0 spiro atoms. The molecule has 2 heterocycles. The van der Waals surface area contributed by atoms with Crippen molar-refractivity contribution in [1.29, 1.82) is 0 Å². The SMILES string of the molecule is CCCCCCCCCCCC(CCCCCCCCCCC)N1C(=O)c2ccc3c4c(Br)cc5c6c(ccc(c7c(Br)cc(c2c37)C1=O)c64)C(=O)N(C(CCCCCCCCCCC)CCCCCCCCCCC)C5=O. The number of imide groups is 2. The summed E-state index contributed by atoms with van der Waals surface area (Å²) in [5.74, 6) is -0.760. The first-order valence-electron chi connectivity index (χ1n) is 32.5. The van der Waals surface area contributed by atoms with Crippen LogP contribution in [0.15, 0.2) is 45.3 Å². The molecule has 4 amide bonds. The summed E-state index contributed by atoms with van der Waals surface area (Å²) in [7, 11) is 0. The molecule has 78 heavy (non-hydrogen) atoms. The first-order valence-corrected chi connectivity index (χ1v) is 34.1. The maximum Gasteiger partial charge on any atom is 0.261 e. The Balaban J connectivity index is 1.15. The number of carbonyl (C=O) groups excluding carboxylic acids is 4. The number of unbranched alkanes of at least 4 members (excludes halogenated alkanes) is 32. The molecule has 5 aromatic rings. The predicted octanol–water partition coefficient (Wildman–Crippen LogP) is 22.9. The molecule has 7 rings (SSSR count). The van der Waals surface area contributed by atoms with Crippen LogP contribution in [-0.2, 0) is 0 Å². The second-order valence-electron chi connectivity index (χ2n) is 24.1. The molecule has 0 fully saturated rings. The average molecular weight is 1190 g/mol. The molecular formula is C70H100Br2N2O4. The van der Waals surface area contributed by atoms with Gasteiger partial charge in [-0.05, 0) is 60.7 Å². The van der Waals surface area contributed by atoms with Crippen LogP contribution in [0.2, 0.25) is 0 Å². The van der Waals surface area contributed by atoms with Gasteiger partial charge in [0.2, 0.25) is 0 Å². The Kier molecular flexibility index (Phi) is 26.3. The molecule has 0 unspecified atom stereocenters. The summed E-state index contributed by atoms with van der Waals surface area (Å²) in [6.45, 7) is 9.07. The van der Waals surface area contributed by atoms with Crippen molar-refractivity contribution >= 4 is 98.6 Å². The van der Waals surface area contributed by atoms with E-state index >= 15 is 19.2 Å². The number of benzene rings is 5. The van der Waals surface area contributed by atoms with Gasteiger partial charge in [-0.1, -0.05) is 303 Å². The van der Waals surface area contributed by atoms with Crippen molar-refractivity contribution in [3.05, 3.63) is 67.6 Å². The summed E-state index contributed by atoms with van der Waals surface area (Å²) in [6, 6.07) is 11.6. The van der Waals surface area contributed by atoms with Crippen LogP contribution in [0.4, 0.5) is 0 Å². The van der Waals surface area contributed by atoms with Crippen LogP contribution in [0.25, 0.3) is 43.1 Å². The fraction of sp³-hybridized carbons (Fsp3) is 0.657. The number of carbonyl (C=O) groups is 4. The minimum Gasteiger partial charge on any atom is -0.271 e. The summed E-state index contributed by atoms with van der Waals surface area (Å²) < 4.78 is 1.56. The van der Waals surface area contributed by atoms with Crippen LogP contribution in [0.3, 0.4) is 0 Å². The van der Waals surface area contributed by atoms with E-state index in [0.717, 1.165) is 118 Å². The molecule has 6 nitrogen and oxygen atoms in total. The lowest BCUT2D eigenvalue weighted by Crippen LogP contribution is -2.47. The molecule has 0 radical (unpaired) electrons. The van der Waals surface area contributed by atoms with Gasteiger partial charge in [0.25, 0.3) is 23.6 Å². The van der Waals surface area contributed by atoms with E-state index in [1.165, 1.54) is 180 Å². The highest BCUT2D eigenvalue weighted by Crippen LogP contribution is 2.51. The van der Waals surface area contributed by atoms with Crippen molar-refractivity contribution in [3.8, 4) is 0 Å². The third kappa shape index (κ3) is 15.6. The molecule has 0 atom stereocenters. The van der Waals surface area contributed by atoms with E-state index < -0.39 is 0 Å². The molecule has 0 aliphatic carbocycles. The van der Waals surface area contributed by atoms with Crippen LogP contribution in [-0.4, -0.2) is 45.5 Å². The van der Waals surface area contributed by atoms with Gasteiger partial charge in [0.1, 0.15) is 0 Å². The maximum atomic E-state index is 15.2. The Hall–Kier alpha value is -3.36. The van der Waals surface area contributed by atoms with E-state index in [0.29, 0.717) is 33.0 Å². The van der Waals surface area contributed by atoms with Crippen molar-refractivity contribution in [1.82, 2.24) is 9.80 Å². The van der Waals surface area contributed by atoms with Crippen molar-refractivity contribution < 1.29 is 19.2 Å². The lowest BCUT2D eigenvalue weighted by molar-refractivity contribution is 0.0501. The Morgan fingerprint density at radius 3 is 0.782 bits per heavy atom. The van der Waals surface area contributed by atoms with E-state index in [1.807, 2.05) is 24.3 Å². The summed E-state index contributed by atoms with van der Waals surface area (Å²) in [5.41, 5.74) is 2.30. The molecule has 428 valence electrons. The van der Waals surface area contributed by atoms with Gasteiger partial charge in [-0.15, -0.1) is 0 Å². The predicted molar refractivity (Wildman–Crippen MR) is 339 cm³/mol. The Labute approximate surface area is 488 Å². The first kappa shape index (κ1) is 62.2. The zero-order chi connectivity index (χ0) is 55.2. The molecule has 2 aliphatic rings. The smallest absolute Gasteiger partial charge is 0.261 e. The van der Waals surface area contributed by atoms with Crippen LogP contribution in [0.1, 0.15) is 326 Å². The number of amides is 4. The fourth-order valence-corrected chi connectivity index (χ4v) is 14.9. The molecule has 0 saturated carbocycles. The molecule has 0 N–H and O–H groups in total. The first-order chi connectivity index (χ1) is 38.2. The molecule has 5 aromatic carbocycles. The lowest BCUT2D eigenvalue weighted by atomic mass is 9.81. The number of hydrogen-bond acceptors (Lipinski definition) is 4. The van der Waals surface area contributed by atoms with Gasteiger partial charge < -0.3 is 0 Å². The van der Waals surface area contributed by atoms with Crippen molar-refractivity contribution in [3.63, 3.8) is 0 Å². The van der Waals surface area contributed by atoms with E-state index in [1.54, 1.807) is 9.80 Å². The number of halogens is 2. The standard InChI is InChI=1S/C70H100Br2N2O4/c1-5-9-13-17-21-25-29-33-37-41-51(42-38-34-30-26-22-18-14-10-6-2)73-67(75)55-47-45-53-64-60(72)50-58-62-56(48-46-54(66(62)64)63-59(71)49-57(69(73)77)61(55)65(53)63)68(76)74(70(58)78)52(43-39-35-31-27-23-19-15-11-7-3)44-40-36-32-28-24-20-16-12-8-4/h45-52H,5-44H2,1-4H3. The molecule has 2 aliphatic heterocycles. The maximum absolute atomic E-state index is 15.2. The third-order valence-corrected chi connectivity index (χ3v) is 19.3. The molecule has 0 aromatic heterocycles. The normalized spacial score (nSPS) is 13.8. The fourth-order valence-electron chi connectivity index (χ4n) is 13.6. The van der Waals surface area contributed by atoms with Gasteiger partial charge >= 0.3 is 0 Å². The topological polar surface area (TPSA) is 74.8 Å². The zero-order valence-electron chi connectivity index (χ0n) is 49.2. The van der Waals surface area contributed by atoms with Crippen LogP contribution >= 0.6 is 31.9 Å². The molecule has 0 saturated heterocycles. The highest BCUT2D eigenvalue weighted by Gasteiger charge is 2.41. The van der Waals surface area contributed by atoms with Gasteiger partial charge in [-0.3, -0.25) is 29.0 Å². The van der Waals surface area contributed by atoms with Gasteiger partial charge in [0.05, 0.1) is 0 Å². The van der Waals surface area contributed by atoms with Crippen LogP contribution in [0.5, 0.6) is 0 Å². The Bertz CT molecular complexity index is 2480. The van der Waals surface area contributed by atoms with E-state index in [-0.39, 0.29) is 35.7 Å². The number of hydrogen-bond donors (Lipinski definition) is 0. The quantitative estimate of drug-likeness (QED) is 0.0169. The number of nitrogens with zero attached hydrogens (tertiary/aromatic N) is 2. The van der Waals surface area contributed by atoms with Gasteiger partial charge in [0.15, 0.2) is 0 Å². The highest BCUT2D eigenvalue weighted by atomic mass is 79.9. The molecule has 8 heteroatoms. The summed E-state index contributed by atoms with van der Waals surface area (Å²) in [4.78, 5) is 63.8. The Morgan fingerprint density at radius 1 is 0.295 bits per heavy atom. The van der Waals surface area contributed by atoms with E-state index in [4.69, 9.17) is 0 Å². The van der Waals surface area contributed by atoms with Crippen LogP contribution in [0, 0.1) is 0 Å². The van der Waals surface area contributed by atoms with Crippen LogP contribution < -0.4 is 0 Å². The third-order valence-electron chi connectivity index (χ3n) is 18.1. The summed E-state index contributed by atoms with van der Waals surface area (Å²) >= 11 is 8.02.